The number of hydrogen-bond acceptors (Lipinski definition) is 4. The fraction of sp³-hybridized carbons (Fsp3) is 0.583. The number of nitrogens with zero attached hydrogens (tertiary/aromatic N) is 1. The Morgan fingerprint density at radius 2 is 2.22 bits per heavy atom. The van der Waals surface area contributed by atoms with Crippen LogP contribution in [-0.4, -0.2) is 50.1 Å². The first-order valence-electron chi connectivity index (χ1n) is 6.07. The molecular weight excluding hydrogens is 270 g/mol. The van der Waals surface area contributed by atoms with Gasteiger partial charge in [-0.2, -0.15) is 0 Å². The normalized spacial score (nSPS) is 16.0. The van der Waals surface area contributed by atoms with E-state index in [2.05, 4.69) is 15.5 Å². The van der Waals surface area contributed by atoms with Crippen LogP contribution in [0.2, 0.25) is 0 Å². The molecule has 0 saturated carbocycles. The van der Waals surface area contributed by atoms with Gasteiger partial charge in [-0.05, 0) is 11.4 Å². The molecule has 1 aliphatic rings. The van der Waals surface area contributed by atoms with Crippen LogP contribution in [0.4, 0.5) is 0 Å². The summed E-state index contributed by atoms with van der Waals surface area (Å²) in [5, 5.41) is 8.29. The summed E-state index contributed by atoms with van der Waals surface area (Å²) in [6, 6.07) is 3.98. The van der Waals surface area contributed by atoms with Gasteiger partial charge in [0.1, 0.15) is 0 Å². The zero-order chi connectivity index (χ0) is 11.9. The molecule has 1 saturated heterocycles. The summed E-state index contributed by atoms with van der Waals surface area (Å²) in [6.07, 6.45) is 0.513. The minimum absolute atomic E-state index is 0. The van der Waals surface area contributed by atoms with E-state index in [9.17, 15) is 4.79 Å². The fourth-order valence-electron chi connectivity index (χ4n) is 1.92. The third kappa shape index (κ3) is 5.35. The zero-order valence-electron chi connectivity index (χ0n) is 10.4. The molecule has 0 aromatic carbocycles. The summed E-state index contributed by atoms with van der Waals surface area (Å²) < 4.78 is 0. The topological polar surface area (TPSA) is 44.4 Å². The van der Waals surface area contributed by atoms with Gasteiger partial charge in [0.2, 0.25) is 5.91 Å². The summed E-state index contributed by atoms with van der Waals surface area (Å²) >= 11 is 1.63. The Bertz CT molecular complexity index is 339. The Hall–Kier alpha value is -0.620. The maximum Gasteiger partial charge on any atom is 0.225 e. The lowest BCUT2D eigenvalue weighted by Crippen LogP contribution is -2.46. The van der Waals surface area contributed by atoms with Crippen molar-refractivity contribution in [2.45, 2.75) is 6.42 Å². The van der Waals surface area contributed by atoms with Gasteiger partial charge in [0.25, 0.3) is 0 Å². The van der Waals surface area contributed by atoms with Crippen molar-refractivity contribution in [3.8, 4) is 0 Å². The van der Waals surface area contributed by atoms with Crippen LogP contribution in [0.5, 0.6) is 0 Å². The molecule has 1 aromatic heterocycles. The lowest BCUT2D eigenvalue weighted by Gasteiger charge is -2.27. The maximum absolute atomic E-state index is 11.6. The van der Waals surface area contributed by atoms with Crippen molar-refractivity contribution in [1.82, 2.24) is 15.5 Å². The van der Waals surface area contributed by atoms with E-state index >= 15 is 0 Å². The smallest absolute Gasteiger partial charge is 0.225 e. The molecule has 0 spiro atoms. The van der Waals surface area contributed by atoms with Crippen molar-refractivity contribution in [3.05, 3.63) is 22.4 Å². The number of amides is 1. The van der Waals surface area contributed by atoms with Crippen molar-refractivity contribution in [3.63, 3.8) is 0 Å². The Balaban J connectivity index is 0.00000162. The number of halogens is 1. The largest absolute Gasteiger partial charge is 0.355 e. The van der Waals surface area contributed by atoms with Crippen molar-refractivity contribution in [1.29, 1.82) is 0 Å². The number of carbonyl (C=O) groups is 1. The predicted molar refractivity (Wildman–Crippen MR) is 77.6 cm³/mol. The van der Waals surface area contributed by atoms with Gasteiger partial charge >= 0.3 is 0 Å². The highest BCUT2D eigenvalue weighted by atomic mass is 35.5. The molecule has 6 heteroatoms. The molecule has 1 amide bonds. The Kier molecular flexibility index (Phi) is 7.27. The quantitative estimate of drug-likeness (QED) is 0.840. The molecule has 1 fully saturated rings. The first-order valence-corrected chi connectivity index (χ1v) is 6.95. The number of hydrogen-bond donors (Lipinski definition) is 2. The van der Waals surface area contributed by atoms with E-state index in [4.69, 9.17) is 0 Å². The molecule has 2 rings (SSSR count). The molecule has 0 unspecified atom stereocenters. The highest BCUT2D eigenvalue weighted by Gasteiger charge is 2.09. The van der Waals surface area contributed by atoms with E-state index in [1.165, 1.54) is 0 Å². The average Bonchev–Trinajstić information content (AvgIpc) is 2.83. The highest BCUT2D eigenvalue weighted by molar-refractivity contribution is 7.10. The SMILES string of the molecule is Cl.O=C(Cc1cccs1)NCCN1CCNCC1. The first kappa shape index (κ1) is 15.4. The van der Waals surface area contributed by atoms with Crippen LogP contribution in [0.25, 0.3) is 0 Å². The number of nitrogens with one attached hydrogen (secondary N) is 2. The minimum atomic E-state index is 0. The van der Waals surface area contributed by atoms with Gasteiger partial charge in [0.15, 0.2) is 0 Å². The minimum Gasteiger partial charge on any atom is -0.355 e. The molecule has 1 aliphatic heterocycles. The van der Waals surface area contributed by atoms with E-state index < -0.39 is 0 Å². The van der Waals surface area contributed by atoms with E-state index in [-0.39, 0.29) is 18.3 Å². The van der Waals surface area contributed by atoms with Gasteiger partial charge in [-0.25, -0.2) is 0 Å². The third-order valence-corrected chi connectivity index (χ3v) is 3.75. The van der Waals surface area contributed by atoms with Crippen molar-refractivity contribution >= 4 is 29.7 Å². The van der Waals surface area contributed by atoms with Gasteiger partial charge in [-0.3, -0.25) is 9.69 Å². The van der Waals surface area contributed by atoms with E-state index in [0.29, 0.717) is 6.42 Å². The highest BCUT2D eigenvalue weighted by Crippen LogP contribution is 2.08. The summed E-state index contributed by atoms with van der Waals surface area (Å²) in [7, 11) is 0. The summed E-state index contributed by atoms with van der Waals surface area (Å²) in [6.45, 7) is 6.00. The molecule has 4 nitrogen and oxygen atoms in total. The van der Waals surface area contributed by atoms with Crippen LogP contribution in [-0.2, 0) is 11.2 Å². The second-order valence-electron chi connectivity index (χ2n) is 4.20. The standard InChI is InChI=1S/C12H19N3OS.ClH/c16-12(10-11-2-1-9-17-11)14-5-8-15-6-3-13-4-7-15;/h1-2,9,13H,3-8,10H2,(H,14,16);1H. The lowest BCUT2D eigenvalue weighted by molar-refractivity contribution is -0.120. The predicted octanol–water partition coefficient (Wildman–Crippen LogP) is 0.734. The van der Waals surface area contributed by atoms with E-state index in [0.717, 1.165) is 44.1 Å². The summed E-state index contributed by atoms with van der Waals surface area (Å²) in [5.41, 5.74) is 0. The molecule has 0 radical (unpaired) electrons. The van der Waals surface area contributed by atoms with E-state index in [1.807, 2.05) is 17.5 Å². The molecule has 2 heterocycles. The first-order chi connectivity index (χ1) is 8.34. The third-order valence-electron chi connectivity index (χ3n) is 2.87. The number of rotatable bonds is 5. The molecule has 0 bridgehead atoms. The fourth-order valence-corrected chi connectivity index (χ4v) is 2.63. The monoisotopic (exact) mass is 289 g/mol. The summed E-state index contributed by atoms with van der Waals surface area (Å²) in [4.78, 5) is 15.1. The van der Waals surface area contributed by atoms with Crippen molar-refractivity contribution in [2.75, 3.05) is 39.3 Å². The molecule has 2 N–H and O–H groups in total. The molecule has 1 aromatic rings. The molecule has 0 atom stereocenters. The van der Waals surface area contributed by atoms with Crippen molar-refractivity contribution in [2.24, 2.45) is 0 Å². The second-order valence-corrected chi connectivity index (χ2v) is 5.23. The molecule has 0 aliphatic carbocycles. The van der Waals surface area contributed by atoms with Crippen molar-refractivity contribution < 1.29 is 4.79 Å². The van der Waals surface area contributed by atoms with Gasteiger partial charge in [-0.1, -0.05) is 6.07 Å². The number of carbonyl (C=O) groups excluding carboxylic acids is 1. The Morgan fingerprint density at radius 3 is 2.89 bits per heavy atom. The van der Waals surface area contributed by atoms with Gasteiger partial charge < -0.3 is 10.6 Å². The second kappa shape index (κ2) is 8.48. The Morgan fingerprint density at radius 1 is 1.44 bits per heavy atom. The molecule has 102 valence electrons. The van der Waals surface area contributed by atoms with Gasteiger partial charge in [0, 0.05) is 44.1 Å². The van der Waals surface area contributed by atoms with Crippen LogP contribution in [0.1, 0.15) is 4.88 Å². The lowest BCUT2D eigenvalue weighted by atomic mass is 10.3. The van der Waals surface area contributed by atoms with Gasteiger partial charge in [-0.15, -0.1) is 23.7 Å². The number of thiophene rings is 1. The van der Waals surface area contributed by atoms with E-state index in [1.54, 1.807) is 11.3 Å². The van der Waals surface area contributed by atoms with Gasteiger partial charge in [0.05, 0.1) is 6.42 Å². The van der Waals surface area contributed by atoms with Crippen LogP contribution < -0.4 is 10.6 Å². The summed E-state index contributed by atoms with van der Waals surface area (Å²) in [5.74, 6) is 0.127. The Labute approximate surface area is 118 Å². The maximum atomic E-state index is 11.6. The van der Waals surface area contributed by atoms with Crippen LogP contribution in [0.3, 0.4) is 0 Å². The van der Waals surface area contributed by atoms with Crippen LogP contribution in [0.15, 0.2) is 17.5 Å². The van der Waals surface area contributed by atoms with Crippen LogP contribution in [0, 0.1) is 0 Å². The molecular formula is C12H20ClN3OS. The zero-order valence-corrected chi connectivity index (χ0v) is 12.0. The number of piperazine rings is 1. The average molecular weight is 290 g/mol. The van der Waals surface area contributed by atoms with Crippen LogP contribution >= 0.6 is 23.7 Å². The molecule has 18 heavy (non-hydrogen) atoms.